The lowest BCUT2D eigenvalue weighted by Gasteiger charge is -2.21. The molecule has 2 aromatic heterocycles. The number of hydrogen-bond donors (Lipinski definition) is 1. The topological polar surface area (TPSA) is 51.5 Å². The minimum Gasteiger partial charge on any atom is -0.369 e. The zero-order valence-corrected chi connectivity index (χ0v) is 8.26. The molecule has 1 saturated heterocycles. The van der Waals surface area contributed by atoms with Gasteiger partial charge in [-0.25, -0.2) is 9.50 Å². The fourth-order valence-electron chi connectivity index (χ4n) is 1.76. The van der Waals surface area contributed by atoms with Gasteiger partial charge >= 0.3 is 0 Å². The molecule has 1 fully saturated rings. The van der Waals surface area contributed by atoms with E-state index in [0.717, 1.165) is 31.0 Å². The molecule has 5 nitrogen and oxygen atoms in total. The van der Waals surface area contributed by atoms with Crippen molar-refractivity contribution in [2.75, 3.05) is 19.7 Å². The Bertz CT molecular complexity index is 428. The van der Waals surface area contributed by atoms with Gasteiger partial charge in [0.2, 0.25) is 0 Å². The molecule has 1 unspecified atom stereocenters. The van der Waals surface area contributed by atoms with Crippen LogP contribution in [0.5, 0.6) is 0 Å². The highest BCUT2D eigenvalue weighted by molar-refractivity contribution is 5.38. The monoisotopic (exact) mass is 204 g/mol. The summed E-state index contributed by atoms with van der Waals surface area (Å²) in [6.45, 7) is 2.48. The second-order valence-electron chi connectivity index (χ2n) is 3.56. The van der Waals surface area contributed by atoms with Crippen LogP contribution >= 0.6 is 0 Å². The largest absolute Gasteiger partial charge is 0.369 e. The van der Waals surface area contributed by atoms with E-state index in [-0.39, 0.29) is 6.10 Å². The molecule has 0 amide bonds. The third-order valence-electron chi connectivity index (χ3n) is 2.51. The maximum Gasteiger partial charge on any atom is 0.155 e. The Morgan fingerprint density at radius 1 is 1.53 bits per heavy atom. The first-order valence-corrected chi connectivity index (χ1v) is 5.06. The number of fused-ring (bicyclic) bond motifs is 1. The van der Waals surface area contributed by atoms with Gasteiger partial charge in [-0.1, -0.05) is 0 Å². The number of hydrogen-bond acceptors (Lipinski definition) is 4. The summed E-state index contributed by atoms with van der Waals surface area (Å²) in [5.74, 6) is 0. The fraction of sp³-hybridized carbons (Fsp3) is 0.400. The standard InChI is InChI=1S/C10H12N4O/c1-2-12-10-6-8(13-14(10)4-1)9-7-11-3-5-15-9/h1-2,4,6,9,11H,3,5,7H2. The van der Waals surface area contributed by atoms with E-state index in [1.165, 1.54) is 0 Å². The molecule has 0 aromatic carbocycles. The van der Waals surface area contributed by atoms with E-state index < -0.39 is 0 Å². The molecule has 15 heavy (non-hydrogen) atoms. The molecule has 3 rings (SSSR count). The summed E-state index contributed by atoms with van der Waals surface area (Å²) < 4.78 is 7.40. The SMILES string of the molecule is c1cnc2cc(C3CNCCO3)nn2c1. The van der Waals surface area contributed by atoms with E-state index in [9.17, 15) is 0 Å². The van der Waals surface area contributed by atoms with E-state index in [0.29, 0.717) is 0 Å². The number of rotatable bonds is 1. The lowest BCUT2D eigenvalue weighted by Crippen LogP contribution is -2.33. The van der Waals surface area contributed by atoms with Crippen molar-refractivity contribution in [2.24, 2.45) is 0 Å². The van der Waals surface area contributed by atoms with Crippen molar-refractivity contribution >= 4 is 5.65 Å². The molecule has 3 heterocycles. The third kappa shape index (κ3) is 1.60. The van der Waals surface area contributed by atoms with Crippen LogP contribution in [0.25, 0.3) is 5.65 Å². The van der Waals surface area contributed by atoms with Crippen molar-refractivity contribution in [1.29, 1.82) is 0 Å². The van der Waals surface area contributed by atoms with Crippen molar-refractivity contribution in [3.8, 4) is 0 Å². The predicted octanol–water partition coefficient (Wildman–Crippen LogP) is 0.390. The molecule has 1 aliphatic rings. The minimum atomic E-state index is 0.0560. The Kier molecular flexibility index (Phi) is 2.12. The Labute approximate surface area is 87.1 Å². The molecular formula is C10H12N4O. The van der Waals surface area contributed by atoms with Crippen LogP contribution in [0.4, 0.5) is 0 Å². The average Bonchev–Trinajstić information content (AvgIpc) is 2.74. The predicted molar refractivity (Wildman–Crippen MR) is 54.5 cm³/mol. The molecule has 1 atom stereocenters. The lowest BCUT2D eigenvalue weighted by molar-refractivity contribution is 0.0249. The van der Waals surface area contributed by atoms with Crippen LogP contribution in [-0.4, -0.2) is 34.3 Å². The van der Waals surface area contributed by atoms with Gasteiger partial charge in [0.15, 0.2) is 5.65 Å². The molecule has 1 aliphatic heterocycles. The van der Waals surface area contributed by atoms with Crippen LogP contribution in [-0.2, 0) is 4.74 Å². The molecule has 0 spiro atoms. The molecule has 1 N–H and O–H groups in total. The number of aromatic nitrogens is 3. The van der Waals surface area contributed by atoms with Crippen LogP contribution in [0, 0.1) is 0 Å². The molecule has 2 aromatic rings. The highest BCUT2D eigenvalue weighted by Gasteiger charge is 2.18. The number of nitrogens with zero attached hydrogens (tertiary/aromatic N) is 3. The van der Waals surface area contributed by atoms with Gasteiger partial charge in [0, 0.05) is 31.5 Å². The maximum absolute atomic E-state index is 5.63. The van der Waals surface area contributed by atoms with E-state index in [1.54, 1.807) is 10.7 Å². The van der Waals surface area contributed by atoms with Crippen LogP contribution < -0.4 is 5.32 Å². The Morgan fingerprint density at radius 3 is 3.33 bits per heavy atom. The molecule has 0 radical (unpaired) electrons. The summed E-state index contributed by atoms with van der Waals surface area (Å²) in [6.07, 6.45) is 3.71. The molecule has 0 saturated carbocycles. The highest BCUT2D eigenvalue weighted by Crippen LogP contribution is 2.17. The van der Waals surface area contributed by atoms with Crippen molar-refractivity contribution in [3.05, 3.63) is 30.2 Å². The Morgan fingerprint density at radius 2 is 2.53 bits per heavy atom. The molecule has 5 heteroatoms. The smallest absolute Gasteiger partial charge is 0.155 e. The highest BCUT2D eigenvalue weighted by atomic mass is 16.5. The van der Waals surface area contributed by atoms with Gasteiger partial charge in [0.05, 0.1) is 12.3 Å². The number of nitrogens with one attached hydrogen (secondary N) is 1. The maximum atomic E-state index is 5.63. The van der Waals surface area contributed by atoms with Crippen molar-refractivity contribution in [1.82, 2.24) is 19.9 Å². The van der Waals surface area contributed by atoms with Gasteiger partial charge in [-0.15, -0.1) is 0 Å². The summed E-state index contributed by atoms with van der Waals surface area (Å²) in [4.78, 5) is 4.22. The van der Waals surface area contributed by atoms with Gasteiger partial charge in [-0.3, -0.25) is 0 Å². The van der Waals surface area contributed by atoms with Crippen LogP contribution in [0.2, 0.25) is 0 Å². The van der Waals surface area contributed by atoms with Crippen molar-refractivity contribution in [2.45, 2.75) is 6.10 Å². The number of ether oxygens (including phenoxy) is 1. The minimum absolute atomic E-state index is 0.0560. The van der Waals surface area contributed by atoms with Gasteiger partial charge < -0.3 is 10.1 Å². The van der Waals surface area contributed by atoms with Crippen LogP contribution in [0.1, 0.15) is 11.8 Å². The van der Waals surface area contributed by atoms with E-state index >= 15 is 0 Å². The fourth-order valence-corrected chi connectivity index (χ4v) is 1.76. The summed E-state index contributed by atoms with van der Waals surface area (Å²) in [5.41, 5.74) is 1.81. The molecular weight excluding hydrogens is 192 g/mol. The molecule has 0 aliphatic carbocycles. The van der Waals surface area contributed by atoms with E-state index in [2.05, 4.69) is 15.4 Å². The Balaban J connectivity index is 1.96. The summed E-state index contributed by atoms with van der Waals surface area (Å²) >= 11 is 0. The lowest BCUT2D eigenvalue weighted by atomic mass is 10.2. The first-order chi connectivity index (χ1) is 7.43. The molecule has 78 valence electrons. The zero-order chi connectivity index (χ0) is 10.1. The van der Waals surface area contributed by atoms with Gasteiger partial charge in [-0.2, -0.15) is 5.10 Å². The second kappa shape index (κ2) is 3.60. The normalized spacial score (nSPS) is 22.0. The Hall–Kier alpha value is -1.46. The summed E-state index contributed by atoms with van der Waals surface area (Å²) in [5, 5.41) is 7.71. The van der Waals surface area contributed by atoms with Crippen LogP contribution in [0.3, 0.4) is 0 Å². The second-order valence-corrected chi connectivity index (χ2v) is 3.56. The van der Waals surface area contributed by atoms with Gasteiger partial charge in [0.25, 0.3) is 0 Å². The van der Waals surface area contributed by atoms with Crippen LogP contribution in [0.15, 0.2) is 24.5 Å². The van der Waals surface area contributed by atoms with Gasteiger partial charge in [-0.05, 0) is 6.07 Å². The first-order valence-electron chi connectivity index (χ1n) is 5.06. The zero-order valence-electron chi connectivity index (χ0n) is 8.26. The number of morpholine rings is 1. The van der Waals surface area contributed by atoms with Crippen molar-refractivity contribution in [3.63, 3.8) is 0 Å². The third-order valence-corrected chi connectivity index (χ3v) is 2.51. The summed E-state index contributed by atoms with van der Waals surface area (Å²) in [6, 6.07) is 3.83. The average molecular weight is 204 g/mol. The van der Waals surface area contributed by atoms with E-state index in [1.807, 2.05) is 18.3 Å². The van der Waals surface area contributed by atoms with Gasteiger partial charge in [0.1, 0.15) is 6.10 Å². The van der Waals surface area contributed by atoms with Crippen molar-refractivity contribution < 1.29 is 4.74 Å². The first kappa shape index (κ1) is 8.82. The molecule has 0 bridgehead atoms. The summed E-state index contributed by atoms with van der Waals surface area (Å²) in [7, 11) is 0. The quantitative estimate of drug-likeness (QED) is 0.730. The van der Waals surface area contributed by atoms with E-state index in [4.69, 9.17) is 4.74 Å².